The van der Waals surface area contributed by atoms with Crippen LogP contribution >= 0.6 is 0 Å². The summed E-state index contributed by atoms with van der Waals surface area (Å²) in [6.45, 7) is 0. The Balaban J connectivity index is 1.63. The van der Waals surface area contributed by atoms with Crippen molar-refractivity contribution in [1.82, 2.24) is 5.32 Å². The number of carboxylic acids is 1. The molecule has 2 N–H and O–H groups in total. The molecule has 4 atom stereocenters. The molecule has 2 saturated carbocycles. The molecule has 0 heterocycles. The van der Waals surface area contributed by atoms with Crippen LogP contribution in [0.1, 0.15) is 25.7 Å². The van der Waals surface area contributed by atoms with E-state index in [9.17, 15) is 9.59 Å². The maximum Gasteiger partial charge on any atom is 0.326 e. The minimum atomic E-state index is -0.889. The largest absolute Gasteiger partial charge is 0.480 e. The lowest BCUT2D eigenvalue weighted by Gasteiger charge is -2.21. The predicted molar refractivity (Wildman–Crippen MR) is 61.1 cm³/mol. The van der Waals surface area contributed by atoms with Gasteiger partial charge in [0.25, 0.3) is 0 Å². The molecule has 4 heteroatoms. The van der Waals surface area contributed by atoms with Crippen molar-refractivity contribution in [2.75, 3.05) is 0 Å². The molecule has 92 valence electrons. The zero-order valence-electron chi connectivity index (χ0n) is 9.63. The molecular weight excluding hydrogens is 218 g/mol. The first-order chi connectivity index (χ1) is 8.15. The van der Waals surface area contributed by atoms with Gasteiger partial charge >= 0.3 is 5.97 Å². The lowest BCUT2D eigenvalue weighted by atomic mass is 9.92. The number of allylic oxidation sites excluding steroid dienone is 2. The molecule has 3 aliphatic carbocycles. The number of nitrogens with one attached hydrogen (secondary N) is 1. The zero-order chi connectivity index (χ0) is 12.0. The molecule has 1 amide bonds. The molecule has 3 aliphatic rings. The number of carboxylic acid groups (broad SMARTS) is 1. The van der Waals surface area contributed by atoms with Crippen LogP contribution in [0.3, 0.4) is 0 Å². The topological polar surface area (TPSA) is 66.4 Å². The first kappa shape index (κ1) is 10.8. The lowest BCUT2D eigenvalue weighted by Crippen LogP contribution is -2.45. The van der Waals surface area contributed by atoms with E-state index in [0.717, 1.165) is 25.7 Å². The molecule has 0 aromatic rings. The lowest BCUT2D eigenvalue weighted by molar-refractivity contribution is -0.143. The maximum absolute atomic E-state index is 12.1. The van der Waals surface area contributed by atoms with Crippen LogP contribution < -0.4 is 5.32 Å². The van der Waals surface area contributed by atoms with Crippen molar-refractivity contribution < 1.29 is 14.7 Å². The van der Waals surface area contributed by atoms with E-state index >= 15 is 0 Å². The van der Waals surface area contributed by atoms with Gasteiger partial charge in [-0.15, -0.1) is 0 Å². The molecule has 0 aromatic carbocycles. The average molecular weight is 235 g/mol. The summed E-state index contributed by atoms with van der Waals surface area (Å²) in [5, 5.41) is 11.8. The van der Waals surface area contributed by atoms with Gasteiger partial charge < -0.3 is 10.4 Å². The van der Waals surface area contributed by atoms with E-state index in [1.807, 2.05) is 0 Å². The van der Waals surface area contributed by atoms with Gasteiger partial charge in [-0.1, -0.05) is 12.2 Å². The van der Waals surface area contributed by atoms with E-state index in [0.29, 0.717) is 11.8 Å². The van der Waals surface area contributed by atoms with Gasteiger partial charge in [-0.25, -0.2) is 4.79 Å². The Hall–Kier alpha value is -1.32. The average Bonchev–Trinajstić information content (AvgIpc) is 2.90. The Kier molecular flexibility index (Phi) is 2.45. The van der Waals surface area contributed by atoms with Crippen LogP contribution in [0.4, 0.5) is 0 Å². The fourth-order valence-electron chi connectivity index (χ4n) is 3.15. The second-order valence-corrected chi connectivity index (χ2v) is 5.55. The van der Waals surface area contributed by atoms with Crippen molar-refractivity contribution >= 4 is 11.9 Å². The number of aliphatic carboxylic acids is 1. The van der Waals surface area contributed by atoms with Gasteiger partial charge in [-0.3, -0.25) is 4.79 Å². The van der Waals surface area contributed by atoms with Gasteiger partial charge in [0.2, 0.25) is 5.91 Å². The molecular formula is C13H17NO3. The van der Waals surface area contributed by atoms with Gasteiger partial charge in [0.15, 0.2) is 0 Å². The van der Waals surface area contributed by atoms with Gasteiger partial charge in [0.1, 0.15) is 6.04 Å². The van der Waals surface area contributed by atoms with E-state index in [2.05, 4.69) is 17.5 Å². The first-order valence-corrected chi connectivity index (χ1v) is 6.36. The van der Waals surface area contributed by atoms with Crippen LogP contribution in [0.15, 0.2) is 12.2 Å². The SMILES string of the molecule is O=C(NC(C(=O)O)C1CC1)C1CC2C=CC1C2. The van der Waals surface area contributed by atoms with Crippen molar-refractivity contribution in [3.05, 3.63) is 12.2 Å². The van der Waals surface area contributed by atoms with Crippen LogP contribution in [0.5, 0.6) is 0 Å². The van der Waals surface area contributed by atoms with Gasteiger partial charge in [-0.05, 0) is 43.4 Å². The molecule has 0 saturated heterocycles. The highest BCUT2D eigenvalue weighted by atomic mass is 16.4. The summed E-state index contributed by atoms with van der Waals surface area (Å²) in [5.41, 5.74) is 0. The molecule has 0 spiro atoms. The minimum Gasteiger partial charge on any atom is -0.480 e. The third-order valence-corrected chi connectivity index (χ3v) is 4.27. The van der Waals surface area contributed by atoms with Crippen molar-refractivity contribution in [1.29, 1.82) is 0 Å². The highest BCUT2D eigenvalue weighted by Crippen LogP contribution is 2.43. The summed E-state index contributed by atoms with van der Waals surface area (Å²) < 4.78 is 0. The summed E-state index contributed by atoms with van der Waals surface area (Å²) in [4.78, 5) is 23.1. The minimum absolute atomic E-state index is 0.00519. The molecule has 2 fully saturated rings. The van der Waals surface area contributed by atoms with Gasteiger partial charge in [0.05, 0.1) is 0 Å². The van der Waals surface area contributed by atoms with Crippen molar-refractivity contribution in [3.63, 3.8) is 0 Å². The van der Waals surface area contributed by atoms with Crippen molar-refractivity contribution in [2.45, 2.75) is 31.7 Å². The fraction of sp³-hybridized carbons (Fsp3) is 0.692. The molecule has 0 aliphatic heterocycles. The van der Waals surface area contributed by atoms with Crippen LogP contribution in [0.2, 0.25) is 0 Å². The van der Waals surface area contributed by atoms with Crippen LogP contribution in [0.25, 0.3) is 0 Å². The zero-order valence-corrected chi connectivity index (χ0v) is 9.63. The number of carbonyl (C=O) groups is 2. The van der Waals surface area contributed by atoms with E-state index in [1.54, 1.807) is 0 Å². The summed E-state index contributed by atoms with van der Waals surface area (Å²) in [6, 6.07) is -0.661. The fourth-order valence-corrected chi connectivity index (χ4v) is 3.15. The van der Waals surface area contributed by atoms with E-state index < -0.39 is 12.0 Å². The Morgan fingerprint density at radius 3 is 2.47 bits per heavy atom. The number of rotatable bonds is 4. The standard InChI is InChI=1S/C13H17NO3/c15-12(10-6-7-1-2-9(10)5-7)14-11(13(16)17)8-3-4-8/h1-2,7-11H,3-6H2,(H,14,15)(H,16,17). The number of carbonyl (C=O) groups excluding carboxylic acids is 1. The van der Waals surface area contributed by atoms with Gasteiger partial charge in [-0.2, -0.15) is 0 Å². The first-order valence-electron chi connectivity index (χ1n) is 6.36. The maximum atomic E-state index is 12.1. The van der Waals surface area contributed by atoms with Crippen molar-refractivity contribution in [2.24, 2.45) is 23.7 Å². The second-order valence-electron chi connectivity index (χ2n) is 5.55. The summed E-state index contributed by atoms with van der Waals surface area (Å²) >= 11 is 0. The van der Waals surface area contributed by atoms with E-state index in [4.69, 9.17) is 5.11 Å². The number of hydrogen-bond acceptors (Lipinski definition) is 2. The van der Waals surface area contributed by atoms with Crippen molar-refractivity contribution in [3.8, 4) is 0 Å². The van der Waals surface area contributed by atoms with E-state index in [1.165, 1.54) is 0 Å². The monoisotopic (exact) mass is 235 g/mol. The third-order valence-electron chi connectivity index (χ3n) is 4.27. The highest BCUT2D eigenvalue weighted by molar-refractivity contribution is 5.86. The normalized spacial score (nSPS) is 35.9. The second kappa shape index (κ2) is 3.86. The quantitative estimate of drug-likeness (QED) is 0.719. The molecule has 4 unspecified atom stereocenters. The molecule has 4 nitrogen and oxygen atoms in total. The number of amides is 1. The Morgan fingerprint density at radius 1 is 1.24 bits per heavy atom. The predicted octanol–water partition coefficient (Wildman–Crippen LogP) is 1.18. The molecule has 2 bridgehead atoms. The summed E-state index contributed by atoms with van der Waals surface area (Å²) in [7, 11) is 0. The molecule has 0 aromatic heterocycles. The van der Waals surface area contributed by atoms with Crippen LogP contribution in [0, 0.1) is 23.7 Å². The van der Waals surface area contributed by atoms with Crippen LogP contribution in [-0.4, -0.2) is 23.0 Å². The number of hydrogen-bond donors (Lipinski definition) is 2. The summed E-state index contributed by atoms with van der Waals surface area (Å²) in [5.74, 6) is 0.102. The Bertz CT molecular complexity index is 386. The summed E-state index contributed by atoms with van der Waals surface area (Å²) in [6.07, 6.45) is 8.11. The molecule has 17 heavy (non-hydrogen) atoms. The Morgan fingerprint density at radius 2 is 2.00 bits per heavy atom. The van der Waals surface area contributed by atoms with Gasteiger partial charge in [0, 0.05) is 5.92 Å². The third kappa shape index (κ3) is 1.96. The molecule has 3 rings (SSSR count). The Labute approximate surface area is 100 Å². The molecule has 0 radical (unpaired) electrons. The number of fused-ring (bicyclic) bond motifs is 2. The van der Waals surface area contributed by atoms with E-state index in [-0.39, 0.29) is 17.7 Å². The highest BCUT2D eigenvalue weighted by Gasteiger charge is 2.43. The smallest absolute Gasteiger partial charge is 0.326 e. The van der Waals surface area contributed by atoms with Crippen LogP contribution in [-0.2, 0) is 9.59 Å².